The standard InChI is InChI=1S/C21H27N3O4S2/c1-21(2,18(25)26)30-17-12-22-19(29-17)23-20(27)24(13-14-8-4-5-9-14)15-10-6-7-11-16(15)28-3/h6-7,10-12,14H,4-5,8-9,13H2,1-3H3,(H,25,26)(H,22,23,27). The lowest BCUT2D eigenvalue weighted by molar-refractivity contribution is -0.138. The molecule has 1 aliphatic rings. The molecule has 0 unspecified atom stereocenters. The van der Waals surface area contributed by atoms with Crippen LogP contribution in [0.4, 0.5) is 15.6 Å². The smallest absolute Gasteiger partial charge is 0.328 e. The molecule has 7 nitrogen and oxygen atoms in total. The first-order valence-corrected chi connectivity index (χ1v) is 11.5. The molecule has 1 aromatic heterocycles. The summed E-state index contributed by atoms with van der Waals surface area (Å²) in [6, 6.07) is 7.22. The van der Waals surface area contributed by atoms with Crippen LogP contribution in [0.3, 0.4) is 0 Å². The van der Waals surface area contributed by atoms with Gasteiger partial charge in [-0.1, -0.05) is 48.1 Å². The molecule has 1 aromatic carbocycles. The maximum atomic E-state index is 13.2. The number of methoxy groups -OCH3 is 1. The number of anilines is 2. The molecule has 1 saturated carbocycles. The number of hydrogen-bond donors (Lipinski definition) is 2. The molecule has 9 heteroatoms. The summed E-state index contributed by atoms with van der Waals surface area (Å²) >= 11 is 2.48. The molecule has 1 heterocycles. The molecule has 0 spiro atoms. The quantitative estimate of drug-likeness (QED) is 0.529. The van der Waals surface area contributed by atoms with E-state index < -0.39 is 10.7 Å². The van der Waals surface area contributed by atoms with E-state index in [1.807, 2.05) is 24.3 Å². The number of nitrogens with one attached hydrogen (secondary N) is 1. The largest absolute Gasteiger partial charge is 0.495 e. The Kier molecular flexibility index (Phi) is 7.25. The van der Waals surface area contributed by atoms with Crippen LogP contribution in [-0.2, 0) is 4.79 Å². The van der Waals surface area contributed by atoms with Gasteiger partial charge in [0, 0.05) is 6.54 Å². The third-order valence-electron chi connectivity index (χ3n) is 5.11. The Balaban J connectivity index is 1.77. The van der Waals surface area contributed by atoms with E-state index >= 15 is 0 Å². The minimum absolute atomic E-state index is 0.269. The molecular formula is C21H27N3O4S2. The van der Waals surface area contributed by atoms with Crippen LogP contribution in [-0.4, -0.2) is 40.5 Å². The van der Waals surface area contributed by atoms with Crippen LogP contribution in [0.5, 0.6) is 5.75 Å². The summed E-state index contributed by atoms with van der Waals surface area (Å²) in [5, 5.41) is 12.6. The Labute approximate surface area is 184 Å². The number of urea groups is 1. The van der Waals surface area contributed by atoms with E-state index in [1.165, 1.54) is 35.9 Å². The molecule has 0 bridgehead atoms. The van der Waals surface area contributed by atoms with Gasteiger partial charge in [-0.05, 0) is 44.7 Å². The van der Waals surface area contributed by atoms with Crippen molar-refractivity contribution >= 4 is 45.9 Å². The van der Waals surface area contributed by atoms with Crippen molar-refractivity contribution in [1.82, 2.24) is 4.98 Å². The van der Waals surface area contributed by atoms with Crippen LogP contribution in [0.15, 0.2) is 34.7 Å². The first-order valence-electron chi connectivity index (χ1n) is 9.90. The van der Waals surface area contributed by atoms with Crippen LogP contribution in [0, 0.1) is 5.92 Å². The van der Waals surface area contributed by atoms with E-state index in [9.17, 15) is 14.7 Å². The maximum absolute atomic E-state index is 13.2. The van der Waals surface area contributed by atoms with E-state index in [2.05, 4.69) is 10.3 Å². The zero-order chi connectivity index (χ0) is 21.7. The molecule has 2 amide bonds. The summed E-state index contributed by atoms with van der Waals surface area (Å²) in [5.41, 5.74) is 0.725. The highest BCUT2D eigenvalue weighted by Gasteiger charge is 2.30. The van der Waals surface area contributed by atoms with Crippen LogP contribution in [0.25, 0.3) is 0 Å². The number of benzene rings is 1. The molecule has 2 aromatic rings. The number of carbonyl (C=O) groups is 2. The first-order chi connectivity index (χ1) is 14.3. The van der Waals surface area contributed by atoms with Gasteiger partial charge in [0.1, 0.15) is 10.5 Å². The molecule has 0 saturated heterocycles. The zero-order valence-electron chi connectivity index (χ0n) is 17.4. The number of carboxylic acids is 1. The number of aromatic nitrogens is 1. The Morgan fingerprint density at radius 3 is 2.70 bits per heavy atom. The third kappa shape index (κ3) is 5.46. The van der Waals surface area contributed by atoms with E-state index in [1.54, 1.807) is 32.1 Å². The number of amides is 2. The highest BCUT2D eigenvalue weighted by Crippen LogP contribution is 2.38. The Hall–Kier alpha value is -2.26. The van der Waals surface area contributed by atoms with Crippen molar-refractivity contribution in [1.29, 1.82) is 0 Å². The Morgan fingerprint density at radius 2 is 2.03 bits per heavy atom. The minimum atomic E-state index is -0.972. The molecule has 0 radical (unpaired) electrons. The fourth-order valence-electron chi connectivity index (χ4n) is 3.41. The summed E-state index contributed by atoms with van der Waals surface area (Å²) in [6.45, 7) is 3.90. The van der Waals surface area contributed by atoms with Gasteiger partial charge in [-0.25, -0.2) is 9.78 Å². The summed E-state index contributed by atoms with van der Waals surface area (Å²) in [7, 11) is 1.60. The second kappa shape index (κ2) is 9.70. The summed E-state index contributed by atoms with van der Waals surface area (Å²) < 4.78 is 5.24. The van der Waals surface area contributed by atoms with Crippen LogP contribution in [0.2, 0.25) is 0 Å². The van der Waals surface area contributed by atoms with Gasteiger partial charge in [0.25, 0.3) is 0 Å². The number of ether oxygens (including phenoxy) is 1. The number of carboxylic acid groups (broad SMARTS) is 1. The topological polar surface area (TPSA) is 91.8 Å². The van der Waals surface area contributed by atoms with E-state index in [0.717, 1.165) is 22.7 Å². The van der Waals surface area contributed by atoms with Crippen molar-refractivity contribution < 1.29 is 19.4 Å². The summed E-state index contributed by atoms with van der Waals surface area (Å²) in [4.78, 5) is 30.5. The number of nitrogens with zero attached hydrogens (tertiary/aromatic N) is 2. The number of thioether (sulfide) groups is 1. The molecule has 0 atom stereocenters. The number of rotatable bonds is 8. The molecular weight excluding hydrogens is 422 g/mol. The van der Waals surface area contributed by atoms with Gasteiger partial charge in [0.05, 0.1) is 23.2 Å². The lowest BCUT2D eigenvalue weighted by Crippen LogP contribution is -2.38. The second-order valence-electron chi connectivity index (χ2n) is 7.77. The van der Waals surface area contributed by atoms with E-state index in [-0.39, 0.29) is 6.03 Å². The van der Waals surface area contributed by atoms with E-state index in [0.29, 0.717) is 23.3 Å². The number of aliphatic carboxylic acids is 1. The van der Waals surface area contributed by atoms with Crippen molar-refractivity contribution in [2.75, 3.05) is 23.9 Å². The van der Waals surface area contributed by atoms with Gasteiger partial charge in [-0.3, -0.25) is 15.0 Å². The van der Waals surface area contributed by atoms with Crippen molar-refractivity contribution in [3.8, 4) is 5.75 Å². The monoisotopic (exact) mass is 449 g/mol. The Morgan fingerprint density at radius 1 is 1.33 bits per heavy atom. The van der Waals surface area contributed by atoms with Crippen molar-refractivity contribution in [3.63, 3.8) is 0 Å². The fourth-order valence-corrected chi connectivity index (χ4v) is 5.68. The lowest BCUT2D eigenvalue weighted by atomic mass is 10.1. The average molecular weight is 450 g/mol. The molecule has 1 aliphatic carbocycles. The van der Waals surface area contributed by atoms with E-state index in [4.69, 9.17) is 4.74 Å². The van der Waals surface area contributed by atoms with Crippen molar-refractivity contribution in [2.45, 2.75) is 48.5 Å². The molecule has 3 rings (SSSR count). The fraction of sp³-hybridized carbons (Fsp3) is 0.476. The number of thiazole rings is 1. The number of carbonyl (C=O) groups excluding carboxylic acids is 1. The molecule has 0 aliphatic heterocycles. The highest BCUT2D eigenvalue weighted by molar-refractivity contribution is 8.03. The molecule has 162 valence electrons. The zero-order valence-corrected chi connectivity index (χ0v) is 19.0. The number of para-hydroxylation sites is 2. The second-order valence-corrected chi connectivity index (χ2v) is 10.7. The average Bonchev–Trinajstić information content (AvgIpc) is 3.37. The van der Waals surface area contributed by atoms with Crippen LogP contribution in [0.1, 0.15) is 39.5 Å². The van der Waals surface area contributed by atoms with Gasteiger partial charge in [-0.15, -0.1) is 0 Å². The van der Waals surface area contributed by atoms with Gasteiger partial charge >= 0.3 is 12.0 Å². The van der Waals surface area contributed by atoms with Crippen molar-refractivity contribution in [2.24, 2.45) is 5.92 Å². The highest BCUT2D eigenvalue weighted by atomic mass is 32.2. The SMILES string of the molecule is COc1ccccc1N(CC1CCCC1)C(=O)Nc1ncc(SC(C)(C)C(=O)O)s1. The van der Waals surface area contributed by atoms with Crippen LogP contribution < -0.4 is 15.0 Å². The predicted molar refractivity (Wildman–Crippen MR) is 121 cm³/mol. The minimum Gasteiger partial charge on any atom is -0.495 e. The molecule has 1 fully saturated rings. The molecule has 30 heavy (non-hydrogen) atoms. The maximum Gasteiger partial charge on any atom is 0.328 e. The van der Waals surface area contributed by atoms with Gasteiger partial charge in [0.2, 0.25) is 0 Å². The number of hydrogen-bond acceptors (Lipinski definition) is 6. The Bertz CT molecular complexity index is 894. The first kappa shape index (κ1) is 22.4. The summed E-state index contributed by atoms with van der Waals surface area (Å²) in [6.07, 6.45) is 6.21. The lowest BCUT2D eigenvalue weighted by Gasteiger charge is -2.27. The van der Waals surface area contributed by atoms with Crippen molar-refractivity contribution in [3.05, 3.63) is 30.5 Å². The van der Waals surface area contributed by atoms with Crippen LogP contribution >= 0.6 is 23.1 Å². The normalized spacial score (nSPS) is 14.5. The third-order valence-corrected chi connectivity index (χ3v) is 7.30. The van der Waals surface area contributed by atoms with Gasteiger partial charge in [-0.2, -0.15) is 0 Å². The summed E-state index contributed by atoms with van der Waals surface area (Å²) in [5.74, 6) is 0.203. The van der Waals surface area contributed by atoms with Gasteiger partial charge in [0.15, 0.2) is 5.13 Å². The predicted octanol–water partition coefficient (Wildman–Crippen LogP) is 5.34. The molecule has 2 N–H and O–H groups in total. The van der Waals surface area contributed by atoms with Gasteiger partial charge < -0.3 is 9.84 Å².